The highest BCUT2D eigenvalue weighted by molar-refractivity contribution is 5.95. The number of anilines is 1. The fourth-order valence-electron chi connectivity index (χ4n) is 3.25. The summed E-state index contributed by atoms with van der Waals surface area (Å²) in [5, 5.41) is 4.85. The maximum absolute atomic E-state index is 13.7. The third kappa shape index (κ3) is 6.49. The van der Waals surface area contributed by atoms with Crippen LogP contribution >= 0.6 is 0 Å². The van der Waals surface area contributed by atoms with Gasteiger partial charge >= 0.3 is 6.03 Å². The van der Waals surface area contributed by atoms with Crippen LogP contribution in [0.3, 0.4) is 0 Å². The molecule has 1 aliphatic rings. The summed E-state index contributed by atoms with van der Waals surface area (Å²) in [5.41, 5.74) is 5.64. The molecule has 168 valence electrons. The number of hydrogen-bond acceptors (Lipinski definition) is 4. The molecule has 0 aliphatic carbocycles. The molecule has 0 bridgehead atoms. The number of carbonyl (C=O) groups is 4. The van der Waals surface area contributed by atoms with Gasteiger partial charge in [-0.15, -0.1) is 0 Å². The molecule has 0 radical (unpaired) electrons. The van der Waals surface area contributed by atoms with E-state index in [1.165, 1.54) is 18.0 Å². The zero-order chi connectivity index (χ0) is 23.3. The molecular formula is C20H25F2N5O4. The zero-order valence-corrected chi connectivity index (χ0v) is 17.4. The number of carbonyl (C=O) groups excluding carboxylic acids is 4. The van der Waals surface area contributed by atoms with Crippen molar-refractivity contribution in [2.75, 3.05) is 25.5 Å². The molecule has 1 saturated heterocycles. The van der Waals surface area contributed by atoms with Gasteiger partial charge in [0.25, 0.3) is 0 Å². The number of halogens is 2. The highest BCUT2D eigenvalue weighted by Crippen LogP contribution is 2.21. The van der Waals surface area contributed by atoms with Crippen molar-refractivity contribution in [1.82, 2.24) is 15.1 Å². The second-order valence-electron chi connectivity index (χ2n) is 7.54. The molecule has 1 fully saturated rings. The van der Waals surface area contributed by atoms with E-state index >= 15 is 0 Å². The lowest BCUT2D eigenvalue weighted by molar-refractivity contribution is -0.142. The van der Waals surface area contributed by atoms with Crippen LogP contribution in [-0.4, -0.2) is 65.8 Å². The van der Waals surface area contributed by atoms with Crippen LogP contribution in [-0.2, 0) is 14.4 Å². The van der Waals surface area contributed by atoms with Crippen LogP contribution in [0.4, 0.5) is 19.3 Å². The minimum absolute atomic E-state index is 0.0305. The third-order valence-electron chi connectivity index (χ3n) is 4.57. The Morgan fingerprint density at radius 3 is 2.52 bits per heavy atom. The second kappa shape index (κ2) is 10.0. The maximum Gasteiger partial charge on any atom is 0.319 e. The van der Waals surface area contributed by atoms with Crippen molar-refractivity contribution < 1.29 is 28.0 Å². The quantitative estimate of drug-likeness (QED) is 0.574. The molecule has 1 heterocycles. The van der Waals surface area contributed by atoms with E-state index in [-0.39, 0.29) is 25.2 Å². The Kier molecular flexibility index (Phi) is 7.67. The lowest BCUT2D eigenvalue weighted by Gasteiger charge is -2.26. The minimum atomic E-state index is -0.942. The average Bonchev–Trinajstić information content (AvgIpc) is 3.06. The first-order chi connectivity index (χ1) is 14.5. The lowest BCUT2D eigenvalue weighted by Crippen LogP contribution is -2.48. The number of nitrogens with zero attached hydrogens (tertiary/aromatic N) is 2. The second-order valence-corrected chi connectivity index (χ2v) is 7.54. The maximum atomic E-state index is 13.7. The summed E-state index contributed by atoms with van der Waals surface area (Å²) in [6.45, 7) is 3.17. The summed E-state index contributed by atoms with van der Waals surface area (Å²) < 4.78 is 26.8. The molecule has 0 saturated carbocycles. The molecule has 1 aliphatic heterocycles. The Hall–Kier alpha value is -3.50. The number of nitrogens with one attached hydrogen (secondary N) is 2. The van der Waals surface area contributed by atoms with Gasteiger partial charge in [-0.05, 0) is 32.4 Å². The van der Waals surface area contributed by atoms with Crippen molar-refractivity contribution in [2.24, 2.45) is 5.73 Å². The smallest absolute Gasteiger partial charge is 0.319 e. The summed E-state index contributed by atoms with van der Waals surface area (Å²) in [5.74, 6) is -3.34. The van der Waals surface area contributed by atoms with E-state index in [1.54, 1.807) is 13.8 Å². The molecule has 31 heavy (non-hydrogen) atoms. The van der Waals surface area contributed by atoms with E-state index in [9.17, 15) is 28.0 Å². The molecule has 4 N–H and O–H groups in total. The van der Waals surface area contributed by atoms with E-state index < -0.39 is 47.5 Å². The SMILES string of the molecule is CC(C)=CC(=O)N1C[C@@H](NC(=O)Nc2ccc(F)cc2F)C[C@H]1C(=O)N(C)CC(N)=O. The van der Waals surface area contributed by atoms with Gasteiger partial charge in [-0.3, -0.25) is 14.4 Å². The number of likely N-dealkylation sites (tertiary alicyclic amines) is 1. The van der Waals surface area contributed by atoms with Crippen LogP contribution in [0.5, 0.6) is 0 Å². The summed E-state index contributed by atoms with van der Waals surface area (Å²) in [7, 11) is 1.39. The van der Waals surface area contributed by atoms with Crippen molar-refractivity contribution in [3.63, 3.8) is 0 Å². The molecular weight excluding hydrogens is 412 g/mol. The fourth-order valence-corrected chi connectivity index (χ4v) is 3.25. The molecule has 2 rings (SSSR count). The van der Waals surface area contributed by atoms with E-state index in [2.05, 4.69) is 10.6 Å². The summed E-state index contributed by atoms with van der Waals surface area (Å²) in [4.78, 5) is 51.2. The minimum Gasteiger partial charge on any atom is -0.368 e. The Bertz CT molecular complexity index is 917. The first kappa shape index (κ1) is 23.8. The third-order valence-corrected chi connectivity index (χ3v) is 4.57. The van der Waals surface area contributed by atoms with Gasteiger partial charge in [0, 0.05) is 25.7 Å². The Balaban J connectivity index is 2.13. The summed E-state index contributed by atoms with van der Waals surface area (Å²) in [6.07, 6.45) is 1.45. The van der Waals surface area contributed by atoms with Gasteiger partial charge in [0.2, 0.25) is 17.7 Å². The van der Waals surface area contributed by atoms with Gasteiger partial charge in [-0.1, -0.05) is 5.57 Å². The van der Waals surface area contributed by atoms with Gasteiger partial charge < -0.3 is 26.2 Å². The number of nitrogens with two attached hydrogens (primary N) is 1. The van der Waals surface area contributed by atoms with Crippen molar-refractivity contribution in [2.45, 2.75) is 32.4 Å². The van der Waals surface area contributed by atoms with Gasteiger partial charge in [0.05, 0.1) is 18.3 Å². The fraction of sp³-hybridized carbons (Fsp3) is 0.400. The molecule has 1 aromatic rings. The standard InChI is InChI=1S/C20H25F2N5O4/c1-11(2)6-18(29)27-9-13(8-16(27)19(30)26(3)10-17(23)28)24-20(31)25-15-5-4-12(21)7-14(15)22/h4-7,13,16H,8-10H2,1-3H3,(H2,23,28)(H2,24,25,31)/t13-,16-/m0/s1. The van der Waals surface area contributed by atoms with E-state index in [0.29, 0.717) is 6.07 Å². The Labute approximate surface area is 178 Å². The Morgan fingerprint density at radius 1 is 1.26 bits per heavy atom. The van der Waals surface area contributed by atoms with E-state index in [1.807, 2.05) is 0 Å². The molecule has 5 amide bonds. The van der Waals surface area contributed by atoms with Crippen molar-refractivity contribution in [3.8, 4) is 0 Å². The van der Waals surface area contributed by atoms with Crippen LogP contribution < -0.4 is 16.4 Å². The van der Waals surface area contributed by atoms with E-state index in [0.717, 1.165) is 22.6 Å². The number of urea groups is 1. The first-order valence-corrected chi connectivity index (χ1v) is 9.49. The van der Waals surface area contributed by atoms with Crippen molar-refractivity contribution >= 4 is 29.4 Å². The van der Waals surface area contributed by atoms with Crippen molar-refractivity contribution in [1.29, 1.82) is 0 Å². The highest BCUT2D eigenvalue weighted by atomic mass is 19.1. The van der Waals surface area contributed by atoms with Gasteiger partial charge in [-0.2, -0.15) is 0 Å². The largest absolute Gasteiger partial charge is 0.368 e. The van der Waals surface area contributed by atoms with Crippen LogP contribution in [0.1, 0.15) is 20.3 Å². The molecule has 11 heteroatoms. The Morgan fingerprint density at radius 2 is 1.94 bits per heavy atom. The molecule has 2 atom stereocenters. The lowest BCUT2D eigenvalue weighted by atomic mass is 10.1. The molecule has 0 spiro atoms. The number of benzene rings is 1. The number of allylic oxidation sites excluding steroid dienone is 1. The van der Waals surface area contributed by atoms with Crippen LogP contribution in [0.15, 0.2) is 29.8 Å². The van der Waals surface area contributed by atoms with Crippen molar-refractivity contribution in [3.05, 3.63) is 41.5 Å². The summed E-state index contributed by atoms with van der Waals surface area (Å²) >= 11 is 0. The summed E-state index contributed by atoms with van der Waals surface area (Å²) in [6, 6.07) is 0.401. The first-order valence-electron chi connectivity index (χ1n) is 9.49. The van der Waals surface area contributed by atoms with Crippen LogP contribution in [0, 0.1) is 11.6 Å². The number of likely N-dealkylation sites (N-methyl/N-ethyl adjacent to an activating group) is 1. The van der Waals surface area contributed by atoms with Gasteiger partial charge in [0.1, 0.15) is 17.7 Å². The predicted octanol–water partition coefficient (Wildman–Crippen LogP) is 0.966. The normalized spacial score (nSPS) is 17.6. The zero-order valence-electron chi connectivity index (χ0n) is 17.4. The number of hydrogen-bond donors (Lipinski definition) is 3. The number of rotatable bonds is 6. The molecule has 1 aromatic carbocycles. The topological polar surface area (TPSA) is 125 Å². The predicted molar refractivity (Wildman–Crippen MR) is 109 cm³/mol. The molecule has 9 nitrogen and oxygen atoms in total. The number of amides is 5. The van der Waals surface area contributed by atoms with Gasteiger partial charge in [0.15, 0.2) is 0 Å². The van der Waals surface area contributed by atoms with E-state index in [4.69, 9.17) is 5.73 Å². The molecule has 0 aromatic heterocycles. The highest BCUT2D eigenvalue weighted by Gasteiger charge is 2.41. The van der Waals surface area contributed by atoms with Gasteiger partial charge in [-0.25, -0.2) is 13.6 Å². The monoisotopic (exact) mass is 437 g/mol. The molecule has 0 unspecified atom stereocenters. The number of primary amides is 1. The van der Waals surface area contributed by atoms with Crippen LogP contribution in [0.25, 0.3) is 0 Å². The average molecular weight is 437 g/mol. The van der Waals surface area contributed by atoms with Crippen LogP contribution in [0.2, 0.25) is 0 Å².